The topological polar surface area (TPSA) is 52.0 Å². The van der Waals surface area contributed by atoms with Crippen LogP contribution in [0.1, 0.15) is 13.8 Å². The van der Waals surface area contributed by atoms with Gasteiger partial charge in [0.25, 0.3) is 0 Å². The maximum atomic E-state index is 5.11. The van der Waals surface area contributed by atoms with Crippen LogP contribution in [0.3, 0.4) is 0 Å². The maximum absolute atomic E-state index is 5.11. The molecule has 3 heteroatoms. The van der Waals surface area contributed by atoms with Crippen LogP contribution in [0.15, 0.2) is 0 Å². The van der Waals surface area contributed by atoms with Crippen LogP contribution in [0.4, 0.5) is 0 Å². The summed E-state index contributed by atoms with van der Waals surface area (Å²) < 4.78 is 4.25. The van der Waals surface area contributed by atoms with E-state index in [1.54, 1.807) is 0 Å². The van der Waals surface area contributed by atoms with Crippen molar-refractivity contribution in [1.29, 1.82) is 0 Å². The molecule has 0 aromatic carbocycles. The van der Waals surface area contributed by atoms with E-state index in [-0.39, 0.29) is 0 Å². The molecule has 4 N–H and O–H groups in total. The summed E-state index contributed by atoms with van der Waals surface area (Å²) in [6.45, 7) is 3.89. The summed E-state index contributed by atoms with van der Waals surface area (Å²) in [5.41, 5.74) is 5.11. The second-order valence-electron chi connectivity index (χ2n) is 1.24. The molecule has 0 atom stereocenters. The number of nitrogens with two attached hydrogens (primary N) is 2. The standard InChI is InChI=1S/C3H9N.Fe.H2N/c1-3(2)4;;/h3H,4H2,1-2H3;;1H2/q;+1;-1. The van der Waals surface area contributed by atoms with Gasteiger partial charge in [0.05, 0.1) is 0 Å². The van der Waals surface area contributed by atoms with Crippen LogP contribution >= 0.6 is 0 Å². The van der Waals surface area contributed by atoms with Crippen LogP contribution < -0.4 is 10.5 Å². The second kappa shape index (κ2) is 9.06. The first-order valence-electron chi connectivity index (χ1n) is 1.69. The van der Waals surface area contributed by atoms with Gasteiger partial charge < -0.3 is 5.73 Å². The number of hydrogen-bond acceptors (Lipinski definition) is 2. The third-order valence-corrected chi connectivity index (χ3v) is 0. The number of rotatable bonds is 0. The first-order chi connectivity index (χ1) is 2.73. The van der Waals surface area contributed by atoms with Gasteiger partial charge in [0, 0.05) is 0 Å². The third kappa shape index (κ3) is 272. The predicted molar refractivity (Wildman–Crippen MR) is 23.5 cm³/mol. The van der Waals surface area contributed by atoms with Gasteiger partial charge in [-0.05, 0) is 6.04 Å². The van der Waals surface area contributed by atoms with Crippen molar-refractivity contribution in [1.82, 2.24) is 0 Å². The van der Waals surface area contributed by atoms with Gasteiger partial charge in [-0.3, -0.25) is 0 Å². The zero-order valence-corrected chi connectivity index (χ0v) is 5.19. The average Bonchev–Trinajstić information content (AvgIpc) is 1.41. The predicted octanol–water partition coefficient (Wildman–Crippen LogP) is -0.240. The molecule has 0 saturated heterocycles. The summed E-state index contributed by atoms with van der Waals surface area (Å²) in [5, 5.41) is 0. The Kier molecular flexibility index (Phi) is 14.6. The van der Waals surface area contributed by atoms with Crippen molar-refractivity contribution in [3.63, 3.8) is 0 Å². The van der Waals surface area contributed by atoms with E-state index < -0.39 is 0 Å². The molecule has 0 rings (SSSR count). The van der Waals surface area contributed by atoms with Crippen molar-refractivity contribution in [2.45, 2.75) is 19.9 Å². The minimum absolute atomic E-state index is 0.333. The summed E-state index contributed by atoms with van der Waals surface area (Å²) in [6, 6.07) is 0.333. The molecule has 0 aromatic rings. The number of hydrogen-bond donors (Lipinski definition) is 2. The molecular formula is C3H11FeN2. The van der Waals surface area contributed by atoms with Crippen LogP contribution in [0.2, 0.25) is 0 Å². The van der Waals surface area contributed by atoms with E-state index in [2.05, 4.69) is 21.0 Å². The van der Waals surface area contributed by atoms with Gasteiger partial charge in [-0.2, -0.15) is 0 Å². The molecule has 41 valence electrons. The quantitative estimate of drug-likeness (QED) is 0.445. The molecule has 0 amide bonds. The van der Waals surface area contributed by atoms with E-state index >= 15 is 0 Å². The summed E-state index contributed by atoms with van der Waals surface area (Å²) in [5.74, 6) is 0. The van der Waals surface area contributed by atoms with Crippen LogP contribution in [0.25, 0.3) is 0 Å². The van der Waals surface area contributed by atoms with Gasteiger partial charge in [0.2, 0.25) is 0 Å². The molecule has 0 unspecified atom stereocenters. The van der Waals surface area contributed by atoms with E-state index in [4.69, 9.17) is 5.73 Å². The zero-order chi connectivity index (χ0) is 5.58. The van der Waals surface area contributed by atoms with Gasteiger partial charge in [0.1, 0.15) is 0 Å². The Balaban J connectivity index is 0. The van der Waals surface area contributed by atoms with Crippen LogP contribution in [0.5, 0.6) is 0 Å². The van der Waals surface area contributed by atoms with Crippen LogP contribution in [-0.4, -0.2) is 6.04 Å². The van der Waals surface area contributed by atoms with Gasteiger partial charge >= 0.3 is 21.0 Å². The summed E-state index contributed by atoms with van der Waals surface area (Å²) in [4.78, 5) is 0. The molecule has 0 fully saturated rings. The Morgan fingerprint density at radius 3 is 1.33 bits per heavy atom. The molecule has 0 aromatic heterocycles. The average molecular weight is 131 g/mol. The van der Waals surface area contributed by atoms with Crippen molar-refractivity contribution in [3.8, 4) is 0 Å². The molecule has 2 nitrogen and oxygen atoms in total. The summed E-state index contributed by atoms with van der Waals surface area (Å²) >= 11 is 2.75. The molecular weight excluding hydrogens is 120 g/mol. The molecule has 6 heavy (non-hydrogen) atoms. The van der Waals surface area contributed by atoms with Gasteiger partial charge in [-0.15, -0.1) is 0 Å². The monoisotopic (exact) mass is 131 g/mol. The molecule has 0 aliphatic rings. The van der Waals surface area contributed by atoms with E-state index in [1.165, 1.54) is 0 Å². The SMILES string of the molecule is CC(C)N.[NH2][Fe]. The molecule has 0 spiro atoms. The first-order valence-corrected chi connectivity index (χ1v) is 2.33. The second-order valence-corrected chi connectivity index (χ2v) is 1.24. The van der Waals surface area contributed by atoms with E-state index in [9.17, 15) is 0 Å². The van der Waals surface area contributed by atoms with Crippen molar-refractivity contribution in [2.24, 2.45) is 10.5 Å². The molecule has 0 radical (unpaired) electrons. The normalized spacial score (nSPS) is 7.00. The van der Waals surface area contributed by atoms with Crippen molar-refractivity contribution >= 4 is 0 Å². The van der Waals surface area contributed by atoms with Gasteiger partial charge in [-0.25, -0.2) is 0 Å². The summed E-state index contributed by atoms with van der Waals surface area (Å²) in [6.07, 6.45) is 0. The van der Waals surface area contributed by atoms with Gasteiger partial charge in [0.15, 0.2) is 0 Å². The first kappa shape index (κ1) is 9.67. The molecule has 0 bridgehead atoms. The molecule has 0 aliphatic carbocycles. The fourth-order valence-corrected chi connectivity index (χ4v) is 0. The van der Waals surface area contributed by atoms with E-state index in [1.807, 2.05) is 13.8 Å². The fraction of sp³-hybridized carbons (Fsp3) is 1.00. The van der Waals surface area contributed by atoms with E-state index in [0.717, 1.165) is 0 Å². The Morgan fingerprint density at radius 2 is 1.33 bits per heavy atom. The molecule has 0 saturated carbocycles. The Hall–Kier alpha value is 0.439. The Labute approximate surface area is 47.3 Å². The zero-order valence-electron chi connectivity index (χ0n) is 4.09. The molecule has 0 heterocycles. The molecule has 0 aliphatic heterocycles. The Morgan fingerprint density at radius 1 is 1.33 bits per heavy atom. The third-order valence-electron chi connectivity index (χ3n) is 0. The fourth-order valence-electron chi connectivity index (χ4n) is 0. The summed E-state index contributed by atoms with van der Waals surface area (Å²) in [7, 11) is 0. The van der Waals surface area contributed by atoms with E-state index in [0.29, 0.717) is 6.04 Å². The van der Waals surface area contributed by atoms with Crippen LogP contribution in [-0.2, 0) is 16.2 Å². The minimum atomic E-state index is 0.333. The van der Waals surface area contributed by atoms with Crippen molar-refractivity contribution < 1.29 is 16.2 Å². The van der Waals surface area contributed by atoms with Crippen LogP contribution in [0, 0.1) is 0 Å². The Bertz CT molecular complexity index is 13.5. The van der Waals surface area contributed by atoms with Crippen molar-refractivity contribution in [3.05, 3.63) is 0 Å². The van der Waals surface area contributed by atoms with Gasteiger partial charge in [-0.1, -0.05) is 13.8 Å². The van der Waals surface area contributed by atoms with Crippen molar-refractivity contribution in [2.75, 3.05) is 0 Å².